The Labute approximate surface area is 211 Å². The molecule has 190 valence electrons. The third-order valence-electron chi connectivity index (χ3n) is 6.25. The van der Waals surface area contributed by atoms with E-state index in [1.54, 1.807) is 30.3 Å². The Morgan fingerprint density at radius 2 is 1.58 bits per heavy atom. The number of likely N-dealkylation sites (N-methyl/N-ethyl adjacent to an activating group) is 1. The van der Waals surface area contributed by atoms with E-state index in [9.17, 15) is 18.0 Å². The first-order valence-electron chi connectivity index (χ1n) is 11.8. The molecule has 0 aliphatic carbocycles. The number of amides is 2. The van der Waals surface area contributed by atoms with Crippen molar-refractivity contribution in [3.63, 3.8) is 0 Å². The van der Waals surface area contributed by atoms with Crippen molar-refractivity contribution in [2.75, 3.05) is 13.6 Å². The number of hydrogen-bond acceptors (Lipinski definition) is 5. The maximum Gasteiger partial charge on any atom is 0.272 e. The van der Waals surface area contributed by atoms with Gasteiger partial charge in [-0.05, 0) is 17.5 Å². The molecule has 0 saturated heterocycles. The van der Waals surface area contributed by atoms with Gasteiger partial charge < -0.3 is 15.2 Å². The number of sulfonamides is 1. The van der Waals surface area contributed by atoms with Gasteiger partial charge in [0.15, 0.2) is 5.69 Å². The van der Waals surface area contributed by atoms with Gasteiger partial charge in [-0.3, -0.25) is 9.59 Å². The molecule has 2 aromatic carbocycles. The van der Waals surface area contributed by atoms with Crippen molar-refractivity contribution in [3.05, 3.63) is 72.1 Å². The molecule has 0 saturated carbocycles. The van der Waals surface area contributed by atoms with Crippen LogP contribution in [0.4, 0.5) is 0 Å². The minimum Gasteiger partial charge on any atom is -0.357 e. The summed E-state index contributed by atoms with van der Waals surface area (Å²) in [6.07, 6.45) is 0. The van der Waals surface area contributed by atoms with Gasteiger partial charge >= 0.3 is 0 Å². The molecule has 3 aromatic rings. The number of nitrogens with zero attached hydrogens (tertiary/aromatic N) is 3. The second-order valence-electron chi connectivity index (χ2n) is 9.79. The normalized spacial score (nSPS) is 15.1. The Morgan fingerprint density at radius 1 is 0.972 bits per heavy atom. The fraction of sp³-hybridized carbons (Fsp3) is 0.346. The van der Waals surface area contributed by atoms with E-state index in [1.807, 2.05) is 55.7 Å². The molecule has 1 aliphatic heterocycles. The van der Waals surface area contributed by atoms with Crippen molar-refractivity contribution >= 4 is 21.8 Å². The fourth-order valence-corrected chi connectivity index (χ4v) is 5.71. The van der Waals surface area contributed by atoms with Crippen LogP contribution in [0, 0.1) is 5.41 Å². The number of rotatable bonds is 6. The molecule has 0 radical (unpaired) electrons. The van der Waals surface area contributed by atoms with E-state index in [0.29, 0.717) is 18.1 Å². The van der Waals surface area contributed by atoms with Crippen molar-refractivity contribution < 1.29 is 18.0 Å². The van der Waals surface area contributed by atoms with Gasteiger partial charge in [-0.1, -0.05) is 69.3 Å². The summed E-state index contributed by atoms with van der Waals surface area (Å²) in [5.74, 6) is -0.260. The number of benzene rings is 2. The van der Waals surface area contributed by atoms with Crippen molar-refractivity contribution in [2.45, 2.75) is 44.8 Å². The lowest BCUT2D eigenvalue weighted by Crippen LogP contribution is -2.53. The maximum absolute atomic E-state index is 13.5. The highest BCUT2D eigenvalue weighted by atomic mass is 32.2. The number of fused-ring (bicyclic) bond motifs is 1. The summed E-state index contributed by atoms with van der Waals surface area (Å²) in [7, 11) is -2.25. The summed E-state index contributed by atoms with van der Waals surface area (Å²) in [6.45, 7) is 6.15. The molecule has 10 heteroatoms. The van der Waals surface area contributed by atoms with Gasteiger partial charge in [0.25, 0.3) is 5.91 Å². The van der Waals surface area contributed by atoms with Gasteiger partial charge in [0.2, 0.25) is 15.9 Å². The van der Waals surface area contributed by atoms with Gasteiger partial charge in [0.1, 0.15) is 11.9 Å². The topological polar surface area (TPSA) is 113 Å². The zero-order chi connectivity index (χ0) is 26.1. The summed E-state index contributed by atoms with van der Waals surface area (Å²) < 4.78 is 29.9. The fourth-order valence-electron chi connectivity index (χ4n) is 4.30. The Bertz CT molecular complexity index is 1360. The number of hydrogen-bond donors (Lipinski definition) is 2. The second kappa shape index (κ2) is 9.87. The summed E-state index contributed by atoms with van der Waals surface area (Å²) in [4.78, 5) is 30.9. The van der Waals surface area contributed by atoms with E-state index in [0.717, 1.165) is 5.56 Å². The molecule has 2 N–H and O–H groups in total. The Kier molecular flexibility index (Phi) is 7.01. The third-order valence-corrected chi connectivity index (χ3v) is 8.11. The van der Waals surface area contributed by atoms with Gasteiger partial charge in [-0.25, -0.2) is 13.4 Å². The van der Waals surface area contributed by atoms with Gasteiger partial charge in [0, 0.05) is 25.7 Å². The summed E-state index contributed by atoms with van der Waals surface area (Å²) in [5.41, 5.74) is 0.859. The van der Waals surface area contributed by atoms with Crippen molar-refractivity contribution in [3.8, 4) is 11.4 Å². The van der Waals surface area contributed by atoms with Crippen molar-refractivity contribution in [1.82, 2.24) is 24.5 Å². The predicted octanol–water partition coefficient (Wildman–Crippen LogP) is 2.65. The van der Waals surface area contributed by atoms with E-state index in [-0.39, 0.29) is 29.6 Å². The highest BCUT2D eigenvalue weighted by molar-refractivity contribution is 7.89. The smallest absolute Gasteiger partial charge is 0.272 e. The summed E-state index contributed by atoms with van der Waals surface area (Å²) in [5, 5.41) is 5.43. The SMILES string of the molecule is CNC(=O)C(NC(=O)c1nc(-c2ccccc2)n2c1CN(S(=O)(=O)c1ccccc1)CC2)C(C)(C)C. The predicted molar refractivity (Wildman–Crippen MR) is 136 cm³/mol. The first kappa shape index (κ1) is 25.6. The molecular formula is C26H31N5O4S. The summed E-state index contributed by atoms with van der Waals surface area (Å²) >= 11 is 0. The average molecular weight is 510 g/mol. The van der Waals surface area contributed by atoms with Gasteiger partial charge in [-0.2, -0.15) is 4.31 Å². The Morgan fingerprint density at radius 3 is 2.17 bits per heavy atom. The molecule has 2 heterocycles. The van der Waals surface area contributed by atoms with Crippen LogP contribution >= 0.6 is 0 Å². The molecule has 1 unspecified atom stereocenters. The molecule has 36 heavy (non-hydrogen) atoms. The van der Waals surface area contributed by atoms with Crippen molar-refractivity contribution in [2.24, 2.45) is 5.41 Å². The van der Waals surface area contributed by atoms with E-state index in [2.05, 4.69) is 15.6 Å². The largest absolute Gasteiger partial charge is 0.357 e. The second-order valence-corrected chi connectivity index (χ2v) is 11.7. The van der Waals surface area contributed by atoms with Crippen LogP contribution in [0.3, 0.4) is 0 Å². The molecule has 0 bridgehead atoms. The molecule has 4 rings (SSSR count). The molecule has 1 atom stereocenters. The molecule has 1 aliphatic rings. The van der Waals surface area contributed by atoms with Crippen LogP contribution in [0.15, 0.2) is 65.6 Å². The van der Waals surface area contributed by atoms with Crippen molar-refractivity contribution in [1.29, 1.82) is 0 Å². The number of imidazole rings is 1. The number of carbonyl (C=O) groups excluding carboxylic acids is 2. The first-order valence-corrected chi connectivity index (χ1v) is 13.2. The van der Waals surface area contributed by atoms with Crippen LogP contribution < -0.4 is 10.6 Å². The van der Waals surface area contributed by atoms with Gasteiger partial charge in [0.05, 0.1) is 17.1 Å². The first-order chi connectivity index (χ1) is 17.0. The maximum atomic E-state index is 13.5. The highest BCUT2D eigenvalue weighted by Crippen LogP contribution is 2.30. The standard InChI is InChI=1S/C26H31N5O4S/c1-26(2,3)22(25(33)27-4)29-24(32)21-20-17-30(36(34,35)19-13-9-6-10-14-19)15-16-31(20)23(28-21)18-11-7-5-8-12-18/h5-14,22H,15-17H2,1-4H3,(H,27,33)(H,29,32). The highest BCUT2D eigenvalue weighted by Gasteiger charge is 2.37. The molecule has 0 spiro atoms. The molecule has 0 fully saturated rings. The zero-order valence-corrected chi connectivity index (χ0v) is 21.7. The van der Waals surface area contributed by atoms with E-state index < -0.39 is 27.4 Å². The van der Waals surface area contributed by atoms with Gasteiger partial charge in [-0.15, -0.1) is 0 Å². The average Bonchev–Trinajstić information content (AvgIpc) is 3.26. The van der Waals surface area contributed by atoms with E-state index >= 15 is 0 Å². The van der Waals surface area contributed by atoms with Crippen LogP contribution in [0.2, 0.25) is 0 Å². The molecule has 9 nitrogen and oxygen atoms in total. The quantitative estimate of drug-likeness (QED) is 0.530. The van der Waals surface area contributed by atoms with Crippen LogP contribution in [0.1, 0.15) is 37.0 Å². The van der Waals surface area contributed by atoms with E-state index in [4.69, 9.17) is 0 Å². The Balaban J connectivity index is 1.76. The molecular weight excluding hydrogens is 478 g/mol. The lowest BCUT2D eigenvalue weighted by Gasteiger charge is -2.30. The third kappa shape index (κ3) is 4.91. The Hall–Kier alpha value is -3.50. The van der Waals surface area contributed by atoms with E-state index in [1.165, 1.54) is 11.4 Å². The molecule has 1 aromatic heterocycles. The summed E-state index contributed by atoms with van der Waals surface area (Å²) in [6, 6.07) is 16.9. The van der Waals surface area contributed by atoms with Crippen LogP contribution in [-0.2, 0) is 27.9 Å². The molecule has 2 amide bonds. The lowest BCUT2D eigenvalue weighted by molar-refractivity contribution is -0.124. The lowest BCUT2D eigenvalue weighted by atomic mass is 9.86. The van der Waals surface area contributed by atoms with Crippen LogP contribution in [0.5, 0.6) is 0 Å². The monoisotopic (exact) mass is 509 g/mol. The van der Waals surface area contributed by atoms with Crippen LogP contribution in [-0.4, -0.2) is 53.7 Å². The number of nitrogens with one attached hydrogen (secondary N) is 2. The van der Waals surface area contributed by atoms with Crippen LogP contribution in [0.25, 0.3) is 11.4 Å². The minimum atomic E-state index is -3.77. The number of carbonyl (C=O) groups is 2. The zero-order valence-electron chi connectivity index (χ0n) is 20.9. The minimum absolute atomic E-state index is 0.0139. The number of aromatic nitrogens is 2.